The number of hydrogen-bond donors (Lipinski definition) is 0. The number of rotatable bonds is 47. The SMILES string of the molecule is CC/C=C\C/C=C\C/C=C\C/C=C\C/C=C\C/C=C\CCC(=O)OC[C@H](COC(=O)CCCCCCC/C=C\C/C=C\C/C=C\CC)OC(=O)CCC/C=C\C/C=C\C/C=C\CCCCCCCC. The van der Waals surface area contributed by atoms with Gasteiger partial charge in [0.05, 0.1) is 0 Å². The molecule has 386 valence electrons. The molecule has 0 aliphatic carbocycles. The Labute approximate surface area is 423 Å². The van der Waals surface area contributed by atoms with Gasteiger partial charge in [0, 0.05) is 19.3 Å². The number of unbranched alkanes of at least 4 members (excludes halogenated alkanes) is 12. The lowest BCUT2D eigenvalue weighted by Crippen LogP contribution is -2.30. The Kier molecular flexibility index (Phi) is 52.1. The molecule has 0 spiro atoms. The molecule has 0 N–H and O–H groups in total. The Morgan fingerprint density at radius 2 is 0.609 bits per heavy atom. The van der Waals surface area contributed by atoms with Crippen molar-refractivity contribution < 1.29 is 28.6 Å². The highest BCUT2D eigenvalue weighted by atomic mass is 16.6. The Hall–Kier alpha value is -4.71. The van der Waals surface area contributed by atoms with Crippen LogP contribution in [0, 0.1) is 0 Å². The second-order valence-electron chi connectivity index (χ2n) is 17.4. The van der Waals surface area contributed by atoms with E-state index < -0.39 is 12.1 Å². The molecular weight excluding hydrogens is 853 g/mol. The number of ether oxygens (including phenoxy) is 3. The van der Waals surface area contributed by atoms with E-state index in [4.69, 9.17) is 14.2 Å². The predicted octanol–water partition coefficient (Wildman–Crippen LogP) is 18.4. The first-order valence-electron chi connectivity index (χ1n) is 27.3. The Morgan fingerprint density at radius 3 is 1.01 bits per heavy atom. The van der Waals surface area contributed by atoms with Gasteiger partial charge in [-0.25, -0.2) is 0 Å². The van der Waals surface area contributed by atoms with E-state index in [9.17, 15) is 14.4 Å². The largest absolute Gasteiger partial charge is 0.462 e. The molecule has 0 aromatic heterocycles. The smallest absolute Gasteiger partial charge is 0.306 e. The van der Waals surface area contributed by atoms with Gasteiger partial charge in [-0.1, -0.05) is 218 Å². The molecule has 6 heteroatoms. The highest BCUT2D eigenvalue weighted by Crippen LogP contribution is 2.11. The maximum absolute atomic E-state index is 12.8. The fourth-order valence-corrected chi connectivity index (χ4v) is 6.79. The molecule has 69 heavy (non-hydrogen) atoms. The van der Waals surface area contributed by atoms with Crippen LogP contribution in [0.5, 0.6) is 0 Å². The second-order valence-corrected chi connectivity index (χ2v) is 17.4. The van der Waals surface area contributed by atoms with Gasteiger partial charge >= 0.3 is 17.9 Å². The van der Waals surface area contributed by atoms with Crippen molar-refractivity contribution in [3.8, 4) is 0 Å². The third kappa shape index (κ3) is 54.1. The van der Waals surface area contributed by atoms with Gasteiger partial charge in [-0.2, -0.15) is 0 Å². The minimum Gasteiger partial charge on any atom is -0.462 e. The molecule has 0 radical (unpaired) electrons. The molecule has 0 aliphatic rings. The minimum atomic E-state index is -0.849. The van der Waals surface area contributed by atoms with Gasteiger partial charge in [-0.15, -0.1) is 0 Å². The van der Waals surface area contributed by atoms with Gasteiger partial charge < -0.3 is 14.2 Å². The molecule has 0 bridgehead atoms. The van der Waals surface area contributed by atoms with E-state index in [0.717, 1.165) is 116 Å². The number of carbonyl (C=O) groups excluding carboxylic acids is 3. The summed E-state index contributed by atoms with van der Waals surface area (Å²) in [6.07, 6.45) is 79.9. The Morgan fingerprint density at radius 1 is 0.304 bits per heavy atom. The average molecular weight is 951 g/mol. The van der Waals surface area contributed by atoms with Crippen LogP contribution in [-0.2, 0) is 28.6 Å². The molecule has 0 saturated heterocycles. The molecule has 0 unspecified atom stereocenters. The number of hydrogen-bond acceptors (Lipinski definition) is 6. The lowest BCUT2D eigenvalue weighted by Gasteiger charge is -2.18. The lowest BCUT2D eigenvalue weighted by atomic mass is 10.1. The van der Waals surface area contributed by atoms with Gasteiger partial charge in [0.15, 0.2) is 6.10 Å². The zero-order valence-corrected chi connectivity index (χ0v) is 44.0. The van der Waals surface area contributed by atoms with E-state index in [1.807, 2.05) is 12.2 Å². The maximum atomic E-state index is 12.8. The molecule has 0 heterocycles. The zero-order valence-electron chi connectivity index (χ0n) is 44.0. The molecule has 0 aromatic carbocycles. The summed E-state index contributed by atoms with van der Waals surface area (Å²) in [6.45, 7) is 6.26. The Balaban J connectivity index is 4.63. The minimum absolute atomic E-state index is 0.136. The summed E-state index contributed by atoms with van der Waals surface area (Å²) < 4.78 is 16.7. The van der Waals surface area contributed by atoms with E-state index in [-0.39, 0.29) is 38.0 Å². The van der Waals surface area contributed by atoms with E-state index in [0.29, 0.717) is 19.3 Å². The van der Waals surface area contributed by atoms with Crippen LogP contribution >= 0.6 is 0 Å². The van der Waals surface area contributed by atoms with Crippen LogP contribution in [0.25, 0.3) is 0 Å². The van der Waals surface area contributed by atoms with Crippen molar-refractivity contribution in [2.75, 3.05) is 13.2 Å². The van der Waals surface area contributed by atoms with Gasteiger partial charge in [-0.05, 0) is 122 Å². The summed E-state index contributed by atoms with van der Waals surface area (Å²) in [6, 6.07) is 0. The van der Waals surface area contributed by atoms with Crippen LogP contribution in [0.4, 0.5) is 0 Å². The van der Waals surface area contributed by atoms with Gasteiger partial charge in [-0.3, -0.25) is 14.4 Å². The van der Waals surface area contributed by atoms with Gasteiger partial charge in [0.1, 0.15) is 13.2 Å². The van der Waals surface area contributed by atoms with Crippen LogP contribution in [0.15, 0.2) is 146 Å². The van der Waals surface area contributed by atoms with E-state index in [1.165, 1.54) is 44.9 Å². The first-order valence-corrected chi connectivity index (χ1v) is 27.3. The summed E-state index contributed by atoms with van der Waals surface area (Å²) in [5, 5.41) is 0. The third-order valence-corrected chi connectivity index (χ3v) is 10.8. The van der Waals surface area contributed by atoms with Crippen molar-refractivity contribution >= 4 is 17.9 Å². The standard InChI is InChI=1S/C63H98O6/c1-4-7-10-13-16-19-22-25-28-30-31-33-35-38-41-44-47-50-53-56-62(65)68-59-60(58-67-61(64)55-52-49-46-43-40-37-34-27-24-21-18-15-12-9-6-3)69-63(66)57-54-51-48-45-42-39-36-32-29-26-23-20-17-14-11-8-5-2/h7,9-10,12,16,18-19,21,25-29,31,33-34,36,38-39,41,45,47-48,50,60H,4-6,8,11,13-15,17,20,22-24,30,32,35,37,40,42-44,46,49,51-59H2,1-3H3/b10-7-,12-9-,19-16-,21-18-,28-25-,29-26-,33-31-,34-27-,39-36-,41-38-,48-45-,50-47-/t60-/m0/s1. The van der Waals surface area contributed by atoms with E-state index >= 15 is 0 Å². The quantitative estimate of drug-likeness (QED) is 0.0262. The molecular formula is C63H98O6. The average Bonchev–Trinajstić information content (AvgIpc) is 3.35. The first-order chi connectivity index (χ1) is 34.0. The molecule has 0 aliphatic heterocycles. The first kappa shape index (κ1) is 64.3. The van der Waals surface area contributed by atoms with Crippen molar-refractivity contribution in [1.82, 2.24) is 0 Å². The topological polar surface area (TPSA) is 78.9 Å². The van der Waals surface area contributed by atoms with Gasteiger partial charge in [0.25, 0.3) is 0 Å². The third-order valence-electron chi connectivity index (χ3n) is 10.8. The van der Waals surface area contributed by atoms with Crippen LogP contribution in [0.1, 0.15) is 213 Å². The van der Waals surface area contributed by atoms with Crippen molar-refractivity contribution in [2.45, 2.75) is 219 Å². The van der Waals surface area contributed by atoms with Crippen molar-refractivity contribution in [1.29, 1.82) is 0 Å². The predicted molar refractivity (Wildman–Crippen MR) is 297 cm³/mol. The number of esters is 3. The molecule has 0 rings (SSSR count). The van der Waals surface area contributed by atoms with Crippen molar-refractivity contribution in [3.05, 3.63) is 146 Å². The fraction of sp³-hybridized carbons (Fsp3) is 0.571. The van der Waals surface area contributed by atoms with Crippen LogP contribution in [-0.4, -0.2) is 37.2 Å². The highest BCUT2D eigenvalue weighted by molar-refractivity contribution is 5.71. The highest BCUT2D eigenvalue weighted by Gasteiger charge is 2.19. The van der Waals surface area contributed by atoms with Gasteiger partial charge in [0.2, 0.25) is 0 Å². The zero-order chi connectivity index (χ0) is 50.0. The van der Waals surface area contributed by atoms with Crippen LogP contribution in [0.3, 0.4) is 0 Å². The Bertz CT molecular complexity index is 1560. The molecule has 0 saturated carbocycles. The molecule has 0 amide bonds. The summed E-state index contributed by atoms with van der Waals surface area (Å²) in [5.41, 5.74) is 0. The van der Waals surface area contributed by atoms with E-state index in [2.05, 4.69) is 154 Å². The summed E-state index contributed by atoms with van der Waals surface area (Å²) >= 11 is 0. The van der Waals surface area contributed by atoms with Crippen molar-refractivity contribution in [3.63, 3.8) is 0 Å². The molecule has 6 nitrogen and oxygen atoms in total. The van der Waals surface area contributed by atoms with Crippen LogP contribution in [0.2, 0.25) is 0 Å². The fourth-order valence-electron chi connectivity index (χ4n) is 6.79. The molecule has 0 aromatic rings. The normalized spacial score (nSPS) is 13.3. The van der Waals surface area contributed by atoms with Crippen molar-refractivity contribution in [2.24, 2.45) is 0 Å². The van der Waals surface area contributed by atoms with E-state index in [1.54, 1.807) is 0 Å². The number of allylic oxidation sites excluding steroid dienone is 24. The molecule has 1 atom stereocenters. The maximum Gasteiger partial charge on any atom is 0.306 e. The monoisotopic (exact) mass is 951 g/mol. The van der Waals surface area contributed by atoms with Crippen LogP contribution < -0.4 is 0 Å². The summed E-state index contributed by atoms with van der Waals surface area (Å²) in [7, 11) is 0. The summed E-state index contributed by atoms with van der Waals surface area (Å²) in [4.78, 5) is 38.0. The number of carbonyl (C=O) groups is 3. The molecule has 0 fully saturated rings. The lowest BCUT2D eigenvalue weighted by molar-refractivity contribution is -0.166. The second kappa shape index (κ2) is 55.9. The summed E-state index contributed by atoms with van der Waals surface area (Å²) in [5.74, 6) is -1.10.